The number of aliphatic imine (C=N–C) groups is 1. The molecule has 1 saturated heterocycles. The summed E-state index contributed by atoms with van der Waals surface area (Å²) in [6.45, 7) is 9.07. The van der Waals surface area contributed by atoms with Gasteiger partial charge in [-0.05, 0) is 51.7 Å². The van der Waals surface area contributed by atoms with Crippen LogP contribution in [0.4, 0.5) is 0 Å². The molecule has 1 aliphatic heterocycles. The van der Waals surface area contributed by atoms with Gasteiger partial charge < -0.3 is 24.7 Å². The Morgan fingerprint density at radius 3 is 2.48 bits per heavy atom. The van der Waals surface area contributed by atoms with Crippen molar-refractivity contribution in [2.75, 3.05) is 32.8 Å². The maximum absolute atomic E-state index is 5.69. The third-order valence-electron chi connectivity index (χ3n) is 5.69. The lowest BCUT2D eigenvalue weighted by Crippen LogP contribution is -2.51. The second-order valence-corrected chi connectivity index (χ2v) is 8.37. The van der Waals surface area contributed by atoms with Gasteiger partial charge in [0.1, 0.15) is 5.76 Å². The molecule has 0 spiro atoms. The molecule has 1 aromatic rings. The van der Waals surface area contributed by atoms with Gasteiger partial charge in [-0.25, -0.2) is 0 Å². The molecular weight excluding hydrogens is 479 g/mol. The highest BCUT2D eigenvalue weighted by Crippen LogP contribution is 2.18. The van der Waals surface area contributed by atoms with E-state index in [1.165, 1.54) is 25.7 Å². The van der Waals surface area contributed by atoms with E-state index in [0.29, 0.717) is 18.2 Å². The summed E-state index contributed by atoms with van der Waals surface area (Å²) < 4.78 is 11.1. The van der Waals surface area contributed by atoms with Crippen LogP contribution in [-0.4, -0.2) is 61.8 Å². The van der Waals surface area contributed by atoms with Gasteiger partial charge in [0, 0.05) is 44.7 Å². The van der Waals surface area contributed by atoms with E-state index in [1.807, 2.05) is 12.1 Å². The van der Waals surface area contributed by atoms with Gasteiger partial charge >= 0.3 is 0 Å². The van der Waals surface area contributed by atoms with E-state index in [0.717, 1.165) is 63.8 Å². The molecule has 1 saturated carbocycles. The van der Waals surface area contributed by atoms with Gasteiger partial charge in [-0.3, -0.25) is 4.99 Å². The molecule has 0 atom stereocenters. The summed E-state index contributed by atoms with van der Waals surface area (Å²) in [4.78, 5) is 7.36. The van der Waals surface area contributed by atoms with Crippen LogP contribution in [0.5, 0.6) is 0 Å². The lowest BCUT2D eigenvalue weighted by Gasteiger charge is -2.33. The Kier molecular flexibility index (Phi) is 11.4. The zero-order valence-corrected chi connectivity index (χ0v) is 20.4. The van der Waals surface area contributed by atoms with Crippen LogP contribution in [-0.2, 0) is 11.2 Å². The number of halogens is 1. The molecule has 0 amide bonds. The molecule has 0 aromatic carbocycles. The number of guanidine groups is 1. The van der Waals surface area contributed by atoms with E-state index in [-0.39, 0.29) is 24.0 Å². The smallest absolute Gasteiger partial charge is 0.191 e. The lowest BCUT2D eigenvalue weighted by atomic mass is 10.1. The number of rotatable bonds is 9. The highest BCUT2D eigenvalue weighted by Gasteiger charge is 2.22. The highest BCUT2D eigenvalue weighted by atomic mass is 127. The number of nitrogens with one attached hydrogen (secondary N) is 2. The molecule has 3 rings (SSSR count). The van der Waals surface area contributed by atoms with Crippen LogP contribution in [0.3, 0.4) is 0 Å². The van der Waals surface area contributed by atoms with Crippen molar-refractivity contribution < 1.29 is 9.15 Å². The average molecular weight is 518 g/mol. The SMILES string of the molecule is CC(C)OCCN1CCC(NC(=NCCc2ccco2)NC2CCCC2)CC1.I. The number of piperidine rings is 1. The second-order valence-electron chi connectivity index (χ2n) is 8.37. The van der Waals surface area contributed by atoms with Gasteiger partial charge in [0.25, 0.3) is 0 Å². The van der Waals surface area contributed by atoms with Gasteiger partial charge in [-0.2, -0.15) is 0 Å². The third kappa shape index (κ3) is 9.26. The number of ether oxygens (including phenoxy) is 1. The first-order valence-corrected chi connectivity index (χ1v) is 11.1. The zero-order valence-electron chi connectivity index (χ0n) is 18.1. The normalized spacial score (nSPS) is 19.5. The predicted octanol–water partition coefficient (Wildman–Crippen LogP) is 3.81. The molecule has 29 heavy (non-hydrogen) atoms. The van der Waals surface area contributed by atoms with Crippen molar-refractivity contribution in [3.8, 4) is 0 Å². The number of hydrogen-bond donors (Lipinski definition) is 2. The minimum absolute atomic E-state index is 0. The molecule has 0 unspecified atom stereocenters. The van der Waals surface area contributed by atoms with Crippen molar-refractivity contribution in [1.29, 1.82) is 0 Å². The molecule has 166 valence electrons. The monoisotopic (exact) mass is 518 g/mol. The van der Waals surface area contributed by atoms with E-state index in [2.05, 4.69) is 29.4 Å². The summed E-state index contributed by atoms with van der Waals surface area (Å²) in [6, 6.07) is 5.03. The maximum Gasteiger partial charge on any atom is 0.191 e. The Bertz CT molecular complexity index is 565. The van der Waals surface area contributed by atoms with Crippen LogP contribution < -0.4 is 10.6 Å². The van der Waals surface area contributed by atoms with E-state index in [4.69, 9.17) is 14.1 Å². The quantitative estimate of drug-likeness (QED) is 0.296. The number of furan rings is 1. The van der Waals surface area contributed by atoms with Crippen molar-refractivity contribution in [3.05, 3.63) is 24.2 Å². The molecule has 2 N–H and O–H groups in total. The first-order valence-electron chi connectivity index (χ1n) is 11.1. The Balaban J connectivity index is 0.00000300. The van der Waals surface area contributed by atoms with E-state index in [1.54, 1.807) is 6.26 Å². The van der Waals surface area contributed by atoms with Gasteiger partial charge in [0.2, 0.25) is 0 Å². The summed E-state index contributed by atoms with van der Waals surface area (Å²) in [5.41, 5.74) is 0. The van der Waals surface area contributed by atoms with E-state index < -0.39 is 0 Å². The van der Waals surface area contributed by atoms with Crippen molar-refractivity contribution in [1.82, 2.24) is 15.5 Å². The van der Waals surface area contributed by atoms with Crippen LogP contribution in [0.15, 0.2) is 27.8 Å². The summed E-state index contributed by atoms with van der Waals surface area (Å²) in [5.74, 6) is 1.99. The van der Waals surface area contributed by atoms with Crippen LogP contribution in [0.25, 0.3) is 0 Å². The largest absolute Gasteiger partial charge is 0.469 e. The fraction of sp³-hybridized carbons (Fsp3) is 0.773. The van der Waals surface area contributed by atoms with Gasteiger partial charge in [-0.1, -0.05) is 12.8 Å². The summed E-state index contributed by atoms with van der Waals surface area (Å²) in [5, 5.41) is 7.38. The third-order valence-corrected chi connectivity index (χ3v) is 5.69. The van der Waals surface area contributed by atoms with Crippen molar-refractivity contribution >= 4 is 29.9 Å². The minimum Gasteiger partial charge on any atom is -0.469 e. The molecular formula is C22H39IN4O2. The molecule has 0 radical (unpaired) electrons. The highest BCUT2D eigenvalue weighted by molar-refractivity contribution is 14.0. The molecule has 2 aliphatic rings. The van der Waals surface area contributed by atoms with Crippen molar-refractivity contribution in [2.45, 2.75) is 77.0 Å². The van der Waals surface area contributed by atoms with E-state index >= 15 is 0 Å². The topological polar surface area (TPSA) is 62.0 Å². The molecule has 2 heterocycles. The van der Waals surface area contributed by atoms with Gasteiger partial charge in [0.05, 0.1) is 19.0 Å². The second kappa shape index (κ2) is 13.5. The summed E-state index contributed by atoms with van der Waals surface area (Å²) in [7, 11) is 0. The lowest BCUT2D eigenvalue weighted by molar-refractivity contribution is 0.0532. The molecule has 2 fully saturated rings. The number of hydrogen-bond acceptors (Lipinski definition) is 4. The van der Waals surface area contributed by atoms with Crippen molar-refractivity contribution in [2.24, 2.45) is 4.99 Å². The number of nitrogens with zero attached hydrogens (tertiary/aromatic N) is 2. The Morgan fingerprint density at radius 1 is 1.17 bits per heavy atom. The first kappa shape index (κ1) is 24.5. The fourth-order valence-electron chi connectivity index (χ4n) is 4.04. The first-order chi connectivity index (χ1) is 13.7. The Labute approximate surface area is 193 Å². The predicted molar refractivity (Wildman–Crippen MR) is 129 cm³/mol. The minimum atomic E-state index is 0. The summed E-state index contributed by atoms with van der Waals surface area (Å²) in [6.07, 6.45) is 10.4. The van der Waals surface area contributed by atoms with Crippen LogP contribution >= 0.6 is 24.0 Å². The molecule has 1 aliphatic carbocycles. The average Bonchev–Trinajstić information content (AvgIpc) is 3.37. The Hall–Kier alpha value is -0.800. The van der Waals surface area contributed by atoms with Gasteiger partial charge in [-0.15, -0.1) is 24.0 Å². The van der Waals surface area contributed by atoms with Crippen LogP contribution in [0, 0.1) is 0 Å². The maximum atomic E-state index is 5.69. The Morgan fingerprint density at radius 2 is 1.86 bits per heavy atom. The van der Waals surface area contributed by atoms with Crippen LogP contribution in [0.2, 0.25) is 0 Å². The standard InChI is InChI=1S/C22H38N4O2.HI/c1-18(2)27-17-15-26-13-10-20(11-14-26)25-22(24-19-6-3-4-7-19)23-12-9-21-8-5-16-28-21;/h5,8,16,18-20H,3-4,6-7,9-15,17H2,1-2H3,(H2,23,24,25);1H. The summed E-state index contributed by atoms with van der Waals surface area (Å²) >= 11 is 0. The van der Waals surface area contributed by atoms with Crippen LogP contribution in [0.1, 0.15) is 58.1 Å². The zero-order chi connectivity index (χ0) is 19.6. The molecule has 0 bridgehead atoms. The number of likely N-dealkylation sites (tertiary alicyclic amines) is 1. The molecule has 1 aromatic heterocycles. The van der Waals surface area contributed by atoms with E-state index in [9.17, 15) is 0 Å². The fourth-order valence-corrected chi connectivity index (χ4v) is 4.04. The van der Waals surface area contributed by atoms with Gasteiger partial charge in [0.15, 0.2) is 5.96 Å². The van der Waals surface area contributed by atoms with Crippen molar-refractivity contribution in [3.63, 3.8) is 0 Å². The molecule has 7 heteroatoms. The molecule has 6 nitrogen and oxygen atoms in total.